The van der Waals surface area contributed by atoms with Crippen molar-refractivity contribution in [3.8, 4) is 10.6 Å². The second-order valence-electron chi connectivity index (χ2n) is 6.52. The van der Waals surface area contributed by atoms with E-state index in [0.717, 1.165) is 17.9 Å². The first kappa shape index (κ1) is 14.0. The number of aromatic nitrogens is 1. The topological polar surface area (TPSA) is 64.4 Å². The number of carbonyl (C=O) groups excluding carboxylic acids is 1. The Morgan fingerprint density at radius 3 is 3.14 bits per heavy atom. The summed E-state index contributed by atoms with van der Waals surface area (Å²) in [5.74, 6) is 0.792. The minimum absolute atomic E-state index is 0.0380. The molecule has 2 aliphatic rings. The molecule has 116 valence electrons. The maximum absolute atomic E-state index is 12.6. The highest BCUT2D eigenvalue weighted by Crippen LogP contribution is 2.52. The van der Waals surface area contributed by atoms with Crippen molar-refractivity contribution in [2.24, 2.45) is 11.3 Å². The fraction of sp³-hybridized carbons (Fsp3) is 0.500. The molecule has 6 heteroatoms. The Hall–Kier alpha value is -1.66. The van der Waals surface area contributed by atoms with E-state index in [-0.39, 0.29) is 23.5 Å². The minimum Gasteiger partial charge on any atom is -0.442 e. The average Bonchev–Trinajstić information content (AvgIpc) is 3.22. The quantitative estimate of drug-likeness (QED) is 0.945. The van der Waals surface area contributed by atoms with Crippen molar-refractivity contribution in [3.63, 3.8) is 0 Å². The van der Waals surface area contributed by atoms with E-state index >= 15 is 0 Å². The zero-order valence-electron chi connectivity index (χ0n) is 12.5. The Bertz CT molecular complexity index is 692. The normalized spacial score (nSPS) is 28.9. The number of nitrogens with zero attached hydrogens (tertiary/aromatic N) is 1. The lowest BCUT2D eigenvalue weighted by Gasteiger charge is -2.54. The molecule has 4 rings (SSSR count). The first-order valence-corrected chi connectivity index (χ1v) is 8.37. The largest absolute Gasteiger partial charge is 0.442 e. The van der Waals surface area contributed by atoms with E-state index in [4.69, 9.17) is 9.15 Å². The Kier molecular flexibility index (Phi) is 3.13. The molecule has 1 aliphatic carbocycles. The lowest BCUT2D eigenvalue weighted by atomic mass is 9.57. The molecule has 2 fully saturated rings. The molecule has 3 atom stereocenters. The summed E-state index contributed by atoms with van der Waals surface area (Å²) in [7, 11) is 0. The van der Waals surface area contributed by atoms with Gasteiger partial charge in [-0.2, -0.15) is 0 Å². The van der Waals surface area contributed by atoms with E-state index in [1.54, 1.807) is 0 Å². The van der Waals surface area contributed by atoms with Crippen LogP contribution in [-0.4, -0.2) is 29.6 Å². The van der Waals surface area contributed by atoms with Gasteiger partial charge in [0.2, 0.25) is 0 Å². The van der Waals surface area contributed by atoms with Crippen molar-refractivity contribution in [3.05, 3.63) is 29.6 Å². The van der Waals surface area contributed by atoms with Crippen LogP contribution in [-0.2, 0) is 4.74 Å². The summed E-state index contributed by atoms with van der Waals surface area (Å²) >= 11 is 1.53. The van der Waals surface area contributed by atoms with Crippen molar-refractivity contribution >= 4 is 17.2 Å². The van der Waals surface area contributed by atoms with Gasteiger partial charge in [0.05, 0.1) is 11.0 Å². The Morgan fingerprint density at radius 2 is 2.36 bits per heavy atom. The Morgan fingerprint density at radius 1 is 1.50 bits per heavy atom. The minimum atomic E-state index is -0.166. The van der Waals surface area contributed by atoms with Crippen molar-refractivity contribution in [1.29, 1.82) is 0 Å². The van der Waals surface area contributed by atoms with Crippen LogP contribution in [0.15, 0.2) is 28.3 Å². The molecule has 3 heterocycles. The van der Waals surface area contributed by atoms with Gasteiger partial charge in [-0.3, -0.25) is 4.79 Å². The first-order valence-electron chi connectivity index (χ1n) is 7.49. The monoisotopic (exact) mass is 318 g/mol. The van der Waals surface area contributed by atoms with E-state index in [2.05, 4.69) is 24.1 Å². The van der Waals surface area contributed by atoms with E-state index in [1.165, 1.54) is 17.7 Å². The van der Waals surface area contributed by atoms with Gasteiger partial charge in [-0.25, -0.2) is 4.98 Å². The maximum Gasteiger partial charge on any atom is 0.274 e. The molecule has 1 aliphatic heterocycles. The summed E-state index contributed by atoms with van der Waals surface area (Å²) < 4.78 is 11.2. The van der Waals surface area contributed by atoms with E-state index in [0.29, 0.717) is 17.4 Å². The number of rotatable bonds is 3. The Balaban J connectivity index is 1.55. The predicted molar refractivity (Wildman–Crippen MR) is 82.7 cm³/mol. The lowest BCUT2D eigenvalue weighted by molar-refractivity contribution is -0.108. The molecule has 2 aromatic heterocycles. The molecule has 22 heavy (non-hydrogen) atoms. The molecule has 5 nitrogen and oxygen atoms in total. The Labute approximate surface area is 132 Å². The molecule has 0 radical (unpaired) electrons. The van der Waals surface area contributed by atoms with Gasteiger partial charge in [-0.15, -0.1) is 11.3 Å². The molecule has 0 aromatic carbocycles. The van der Waals surface area contributed by atoms with Crippen LogP contribution in [0.5, 0.6) is 0 Å². The van der Waals surface area contributed by atoms with Gasteiger partial charge in [-0.1, -0.05) is 19.9 Å². The highest BCUT2D eigenvalue weighted by atomic mass is 32.1. The number of nitrogens with one attached hydrogen (secondary N) is 1. The van der Waals surface area contributed by atoms with Crippen LogP contribution in [0.1, 0.15) is 30.8 Å². The predicted octanol–water partition coefficient (Wildman–Crippen LogP) is 2.95. The van der Waals surface area contributed by atoms with E-state index < -0.39 is 0 Å². The van der Waals surface area contributed by atoms with Crippen LogP contribution in [0.25, 0.3) is 10.6 Å². The van der Waals surface area contributed by atoms with Crippen LogP contribution in [0, 0.1) is 11.3 Å². The number of oxazole rings is 1. The molecule has 1 saturated heterocycles. The molecule has 0 spiro atoms. The van der Waals surface area contributed by atoms with Gasteiger partial charge in [0.15, 0.2) is 17.8 Å². The number of ether oxygens (including phenoxy) is 1. The number of hydrogen-bond donors (Lipinski definition) is 1. The third-order valence-electron chi connectivity index (χ3n) is 4.91. The molecule has 2 aromatic rings. The van der Waals surface area contributed by atoms with Gasteiger partial charge in [-0.05, 0) is 17.9 Å². The second-order valence-corrected chi connectivity index (χ2v) is 7.47. The molecule has 1 N–H and O–H groups in total. The van der Waals surface area contributed by atoms with Gasteiger partial charge < -0.3 is 14.5 Å². The summed E-state index contributed by atoms with van der Waals surface area (Å²) in [6.45, 7) is 5.08. The van der Waals surface area contributed by atoms with E-state index in [1.807, 2.05) is 17.5 Å². The van der Waals surface area contributed by atoms with Gasteiger partial charge in [0.1, 0.15) is 0 Å². The fourth-order valence-electron chi connectivity index (χ4n) is 3.82. The molecular formula is C16H18N2O3S. The second kappa shape index (κ2) is 4.93. The van der Waals surface area contributed by atoms with Crippen molar-refractivity contribution < 1.29 is 13.9 Å². The summed E-state index contributed by atoms with van der Waals surface area (Å²) in [5.41, 5.74) is 0.324. The van der Waals surface area contributed by atoms with Crippen molar-refractivity contribution in [2.45, 2.75) is 32.4 Å². The average molecular weight is 318 g/mol. The van der Waals surface area contributed by atoms with Gasteiger partial charge in [0, 0.05) is 24.0 Å². The number of thiophene rings is 1. The zero-order chi connectivity index (χ0) is 15.3. The molecule has 0 bridgehead atoms. The molecule has 0 unspecified atom stereocenters. The number of carbonyl (C=O) groups is 1. The third-order valence-corrected chi connectivity index (χ3v) is 5.78. The lowest BCUT2D eigenvalue weighted by Crippen LogP contribution is -2.66. The smallest absolute Gasteiger partial charge is 0.274 e. The third kappa shape index (κ3) is 1.94. The molecule has 1 saturated carbocycles. The van der Waals surface area contributed by atoms with Crippen LogP contribution in [0.3, 0.4) is 0 Å². The molecular weight excluding hydrogens is 300 g/mol. The van der Waals surface area contributed by atoms with Crippen LogP contribution in [0.2, 0.25) is 0 Å². The van der Waals surface area contributed by atoms with Gasteiger partial charge >= 0.3 is 0 Å². The highest BCUT2D eigenvalue weighted by molar-refractivity contribution is 7.13. The van der Waals surface area contributed by atoms with Gasteiger partial charge in [0.25, 0.3) is 5.91 Å². The molecule has 1 amide bonds. The maximum atomic E-state index is 12.6. The number of amides is 1. The first-order chi connectivity index (χ1) is 10.6. The standard InChI is InChI=1S/C16H18N2O3S/c1-16(2)13(9-5-6-20-14(9)16)18-15(19)11-12(21-8-17-11)10-4-3-7-22-10/h3-4,7-9,13-14H,5-6H2,1-2H3,(H,18,19)/t9-,13+,14+/m0/s1. The summed E-state index contributed by atoms with van der Waals surface area (Å²) in [5, 5.41) is 5.10. The zero-order valence-corrected chi connectivity index (χ0v) is 13.4. The van der Waals surface area contributed by atoms with Crippen LogP contribution >= 0.6 is 11.3 Å². The highest BCUT2D eigenvalue weighted by Gasteiger charge is 2.59. The summed E-state index contributed by atoms with van der Waals surface area (Å²) in [4.78, 5) is 17.7. The summed E-state index contributed by atoms with van der Waals surface area (Å²) in [6, 6.07) is 3.98. The van der Waals surface area contributed by atoms with E-state index in [9.17, 15) is 4.79 Å². The SMILES string of the molecule is CC1(C)[C@H](NC(=O)c2ncoc2-c2cccs2)[C@@H]2CCO[C@H]21. The van der Waals surface area contributed by atoms with Crippen molar-refractivity contribution in [2.75, 3.05) is 6.61 Å². The van der Waals surface area contributed by atoms with Crippen LogP contribution < -0.4 is 5.32 Å². The summed E-state index contributed by atoms with van der Waals surface area (Å²) in [6.07, 6.45) is 2.60. The fourth-order valence-corrected chi connectivity index (χ4v) is 4.53. The number of fused-ring (bicyclic) bond motifs is 1. The number of hydrogen-bond acceptors (Lipinski definition) is 5. The van der Waals surface area contributed by atoms with Crippen LogP contribution in [0.4, 0.5) is 0 Å². The van der Waals surface area contributed by atoms with Crippen molar-refractivity contribution in [1.82, 2.24) is 10.3 Å².